The highest BCUT2D eigenvalue weighted by Gasteiger charge is 2.77. The van der Waals surface area contributed by atoms with Crippen LogP contribution >= 0.6 is 11.8 Å². The van der Waals surface area contributed by atoms with Gasteiger partial charge in [0.25, 0.3) is 5.91 Å². The molecule has 3 fully saturated rings. The molecule has 3 heterocycles. The third kappa shape index (κ3) is 3.87. The van der Waals surface area contributed by atoms with E-state index in [1.165, 1.54) is 0 Å². The van der Waals surface area contributed by atoms with E-state index in [-0.39, 0.29) is 48.7 Å². The van der Waals surface area contributed by atoms with Crippen LogP contribution in [0.3, 0.4) is 0 Å². The van der Waals surface area contributed by atoms with Gasteiger partial charge in [-0.05, 0) is 48.6 Å². The lowest BCUT2D eigenvalue weighted by Crippen LogP contribution is -2.59. The fraction of sp³-hybridized carbons (Fsp3) is 0.500. The molecule has 1 spiro atoms. The van der Waals surface area contributed by atoms with Gasteiger partial charge in [0.2, 0.25) is 5.91 Å². The van der Waals surface area contributed by atoms with Crippen molar-refractivity contribution in [1.29, 1.82) is 0 Å². The van der Waals surface area contributed by atoms with E-state index in [0.29, 0.717) is 6.42 Å². The van der Waals surface area contributed by atoms with E-state index in [9.17, 15) is 19.5 Å². The molecule has 1 N–H and O–H groups in total. The summed E-state index contributed by atoms with van der Waals surface area (Å²) in [6, 6.07) is 12.5. The summed E-state index contributed by atoms with van der Waals surface area (Å²) >= 11 is 1.62. The predicted molar refractivity (Wildman–Crippen MR) is 150 cm³/mol. The van der Waals surface area contributed by atoms with Crippen LogP contribution in [-0.4, -0.2) is 69.6 Å². The van der Waals surface area contributed by atoms with Gasteiger partial charge < -0.3 is 19.6 Å². The fourth-order valence-corrected chi connectivity index (χ4v) is 9.39. The summed E-state index contributed by atoms with van der Waals surface area (Å²) in [7, 11) is 0. The highest BCUT2D eigenvalue weighted by molar-refractivity contribution is 8.02. The number of hydrogen-bond donors (Lipinski definition) is 1. The van der Waals surface area contributed by atoms with Gasteiger partial charge in [0.05, 0.1) is 35.8 Å². The summed E-state index contributed by atoms with van der Waals surface area (Å²) in [5.41, 5.74) is 0.727. The van der Waals surface area contributed by atoms with Crippen molar-refractivity contribution in [3.63, 3.8) is 0 Å². The molecular weight excluding hydrogens is 500 g/mol. The molecule has 0 aliphatic carbocycles. The second-order valence-electron chi connectivity index (χ2n) is 10.6. The first-order valence-electron chi connectivity index (χ1n) is 13.5. The Bertz CT molecular complexity index is 1260. The predicted octanol–water partition coefficient (Wildman–Crippen LogP) is 4.03. The molecule has 2 aromatic carbocycles. The topological polar surface area (TPSA) is 87.2 Å². The molecule has 0 saturated carbocycles. The molecule has 3 unspecified atom stereocenters. The molecular formula is C30H36N2O5S. The maximum absolute atomic E-state index is 14.7. The Balaban J connectivity index is 1.63. The first-order valence-corrected chi connectivity index (χ1v) is 14.4. The average molecular weight is 537 g/mol. The maximum Gasteiger partial charge on any atom is 0.310 e. The second-order valence-corrected chi connectivity index (χ2v) is 12.1. The number of anilines is 1. The van der Waals surface area contributed by atoms with Gasteiger partial charge in [0, 0.05) is 17.5 Å². The summed E-state index contributed by atoms with van der Waals surface area (Å²) in [5, 5.41) is 12.3. The van der Waals surface area contributed by atoms with Crippen LogP contribution < -0.4 is 4.90 Å². The first-order chi connectivity index (χ1) is 18.3. The van der Waals surface area contributed by atoms with E-state index in [1.807, 2.05) is 49.4 Å². The summed E-state index contributed by atoms with van der Waals surface area (Å²) in [6.45, 7) is 9.93. The summed E-state index contributed by atoms with van der Waals surface area (Å²) in [4.78, 5) is 45.4. The number of thioether (sulfide) groups is 1. The molecule has 38 heavy (non-hydrogen) atoms. The van der Waals surface area contributed by atoms with Crippen LogP contribution in [0.4, 0.5) is 5.69 Å². The van der Waals surface area contributed by atoms with Crippen molar-refractivity contribution in [2.75, 3.05) is 24.7 Å². The number of esters is 1. The number of aliphatic hydroxyl groups is 1. The normalized spacial score (nSPS) is 30.4. The SMILES string of the molecule is C=CCN(C(=O)C1N([C@@H](CC)CO)C(=O)[C@@H]2[C@H](C(=O)OCC)[C@@H]3CC(C)C12S3)c1ccc2ccccc2c1. The van der Waals surface area contributed by atoms with Crippen molar-refractivity contribution < 1.29 is 24.2 Å². The number of fused-ring (bicyclic) bond motifs is 2. The van der Waals surface area contributed by atoms with Crippen LogP contribution in [0.5, 0.6) is 0 Å². The van der Waals surface area contributed by atoms with Crippen molar-refractivity contribution >= 4 is 46.0 Å². The molecule has 5 rings (SSSR count). The number of carbonyl (C=O) groups excluding carboxylic acids is 3. The van der Waals surface area contributed by atoms with Crippen LogP contribution in [0.15, 0.2) is 55.1 Å². The molecule has 0 radical (unpaired) electrons. The van der Waals surface area contributed by atoms with Crippen LogP contribution in [0.25, 0.3) is 10.8 Å². The Morgan fingerprint density at radius 3 is 2.66 bits per heavy atom. The molecule has 3 saturated heterocycles. The van der Waals surface area contributed by atoms with E-state index < -0.39 is 28.7 Å². The van der Waals surface area contributed by atoms with Crippen molar-refractivity contribution in [2.45, 2.75) is 55.7 Å². The Morgan fingerprint density at radius 2 is 2.00 bits per heavy atom. The van der Waals surface area contributed by atoms with Gasteiger partial charge in [-0.15, -0.1) is 18.3 Å². The smallest absolute Gasteiger partial charge is 0.310 e. The highest BCUT2D eigenvalue weighted by atomic mass is 32.2. The van der Waals surface area contributed by atoms with Crippen molar-refractivity contribution in [1.82, 2.24) is 4.90 Å². The van der Waals surface area contributed by atoms with E-state index in [4.69, 9.17) is 4.74 Å². The number of hydrogen-bond acceptors (Lipinski definition) is 6. The third-order valence-corrected chi connectivity index (χ3v) is 10.8. The molecule has 3 aliphatic rings. The van der Waals surface area contributed by atoms with Crippen molar-refractivity contribution in [3.05, 3.63) is 55.1 Å². The minimum Gasteiger partial charge on any atom is -0.466 e. The lowest BCUT2D eigenvalue weighted by molar-refractivity contribution is -0.154. The number of ether oxygens (including phenoxy) is 1. The number of rotatable bonds is 9. The third-order valence-electron chi connectivity index (χ3n) is 8.67. The Hall–Kier alpha value is -2.84. The summed E-state index contributed by atoms with van der Waals surface area (Å²) < 4.78 is 4.66. The van der Waals surface area contributed by atoms with E-state index in [2.05, 4.69) is 13.5 Å². The number of carbonyl (C=O) groups is 3. The minimum absolute atomic E-state index is 0.0365. The van der Waals surface area contributed by atoms with Gasteiger partial charge in [-0.1, -0.05) is 50.3 Å². The molecule has 3 aliphatic heterocycles. The lowest BCUT2D eigenvalue weighted by Gasteiger charge is -2.42. The standard InChI is InChI=1S/C30H36N2O5S/c1-5-14-31(22-13-12-19-10-8-9-11-20(19)16-22)28(35)26-30-18(4)15-23(38-30)24(29(36)37-7-3)25(30)27(34)32(26)21(6-2)17-33/h5,8-13,16,18,21,23-26,33H,1,6-7,14-15,17H2,2-4H3/t18?,21-,23-,24+,25-,26?,30?/m0/s1. The van der Waals surface area contributed by atoms with E-state index in [1.54, 1.807) is 34.6 Å². The van der Waals surface area contributed by atoms with Crippen molar-refractivity contribution in [2.24, 2.45) is 17.8 Å². The number of benzene rings is 2. The van der Waals surface area contributed by atoms with Gasteiger partial charge in [0.15, 0.2) is 0 Å². The molecule has 2 aromatic rings. The van der Waals surface area contributed by atoms with Gasteiger partial charge in [-0.3, -0.25) is 14.4 Å². The Labute approximate surface area is 228 Å². The van der Waals surface area contributed by atoms with Gasteiger partial charge >= 0.3 is 5.97 Å². The maximum atomic E-state index is 14.7. The number of nitrogens with zero attached hydrogens (tertiary/aromatic N) is 2. The van der Waals surface area contributed by atoms with Gasteiger partial charge in [-0.2, -0.15) is 0 Å². The van der Waals surface area contributed by atoms with Crippen LogP contribution in [-0.2, 0) is 19.1 Å². The van der Waals surface area contributed by atoms with E-state index >= 15 is 0 Å². The molecule has 2 amide bonds. The van der Waals surface area contributed by atoms with Crippen molar-refractivity contribution in [3.8, 4) is 0 Å². The number of aliphatic hydroxyl groups excluding tert-OH is 1. The molecule has 202 valence electrons. The zero-order valence-corrected chi connectivity index (χ0v) is 23.0. The molecule has 0 aromatic heterocycles. The van der Waals surface area contributed by atoms with Gasteiger partial charge in [-0.25, -0.2) is 0 Å². The second kappa shape index (κ2) is 10.4. The quantitative estimate of drug-likeness (QED) is 0.385. The molecule has 2 bridgehead atoms. The van der Waals surface area contributed by atoms with Crippen LogP contribution in [0.1, 0.15) is 33.6 Å². The first kappa shape index (κ1) is 26.8. The van der Waals surface area contributed by atoms with E-state index in [0.717, 1.165) is 22.9 Å². The summed E-state index contributed by atoms with van der Waals surface area (Å²) in [6.07, 6.45) is 2.93. The lowest BCUT2D eigenvalue weighted by atomic mass is 9.66. The van der Waals surface area contributed by atoms with Gasteiger partial charge in [0.1, 0.15) is 6.04 Å². The largest absolute Gasteiger partial charge is 0.466 e. The zero-order valence-electron chi connectivity index (χ0n) is 22.2. The van der Waals surface area contributed by atoms with Crippen LogP contribution in [0, 0.1) is 17.8 Å². The zero-order chi connectivity index (χ0) is 27.2. The Kier molecular flexibility index (Phi) is 7.31. The monoisotopic (exact) mass is 536 g/mol. The fourth-order valence-electron chi connectivity index (χ4n) is 7.00. The molecule has 7 nitrogen and oxygen atoms in total. The summed E-state index contributed by atoms with van der Waals surface area (Å²) in [5.74, 6) is -1.99. The average Bonchev–Trinajstić information content (AvgIpc) is 3.51. The molecule has 7 atom stereocenters. The van der Waals surface area contributed by atoms with Crippen LogP contribution in [0.2, 0.25) is 0 Å². The number of likely N-dealkylation sites (tertiary alicyclic amines) is 1. The minimum atomic E-state index is -0.812. The highest BCUT2D eigenvalue weighted by Crippen LogP contribution is 2.69. The Morgan fingerprint density at radius 1 is 1.26 bits per heavy atom. The molecule has 8 heteroatoms. The number of amides is 2.